The Kier molecular flexibility index (Phi) is 1.37. The van der Waals surface area contributed by atoms with Crippen molar-refractivity contribution in [3.63, 3.8) is 0 Å². The van der Waals surface area contributed by atoms with Gasteiger partial charge in [-0.1, -0.05) is 6.08 Å². The van der Waals surface area contributed by atoms with Crippen molar-refractivity contribution >= 4 is 0 Å². The number of ether oxygens (including phenoxy) is 1. The van der Waals surface area contributed by atoms with E-state index in [1.165, 1.54) is 0 Å². The molecule has 2 aliphatic heterocycles. The average Bonchev–Trinajstić information content (AvgIpc) is 2.77. The van der Waals surface area contributed by atoms with Crippen molar-refractivity contribution in [2.75, 3.05) is 0 Å². The van der Waals surface area contributed by atoms with Gasteiger partial charge in [-0.15, -0.1) is 0 Å². The molecule has 1 fully saturated rings. The minimum atomic E-state index is -0.261. The highest BCUT2D eigenvalue weighted by Crippen LogP contribution is 2.51. The summed E-state index contributed by atoms with van der Waals surface area (Å²) in [6.45, 7) is 4.10. The maximum absolute atomic E-state index is 6.04. The summed E-state index contributed by atoms with van der Waals surface area (Å²) in [5.74, 6) is 1.90. The Bertz CT molecular complexity index is 404. The normalized spacial score (nSPS) is 39.6. The van der Waals surface area contributed by atoms with Crippen LogP contribution in [0.25, 0.3) is 0 Å². The van der Waals surface area contributed by atoms with E-state index >= 15 is 0 Å². The van der Waals surface area contributed by atoms with Crippen LogP contribution in [-0.4, -0.2) is 5.60 Å². The van der Waals surface area contributed by atoms with Crippen LogP contribution in [0.3, 0.4) is 0 Å². The maximum atomic E-state index is 6.04. The van der Waals surface area contributed by atoms with Crippen molar-refractivity contribution in [3.8, 4) is 0 Å². The molecule has 2 nitrogen and oxygen atoms in total. The fourth-order valence-electron chi connectivity index (χ4n) is 2.42. The molecule has 74 valence electrons. The van der Waals surface area contributed by atoms with Crippen LogP contribution in [0.2, 0.25) is 0 Å². The topological polar surface area (TPSA) is 22.4 Å². The van der Waals surface area contributed by atoms with Crippen molar-refractivity contribution in [2.24, 2.45) is 0 Å². The van der Waals surface area contributed by atoms with Gasteiger partial charge in [-0.25, -0.2) is 0 Å². The highest BCUT2D eigenvalue weighted by atomic mass is 16.5. The smallest absolute Gasteiger partial charge is 0.145 e. The summed E-state index contributed by atoms with van der Waals surface area (Å²) in [6.07, 6.45) is 6.43. The Hall–Kier alpha value is -1.02. The molecule has 0 spiro atoms. The molecule has 0 N–H and O–H groups in total. The van der Waals surface area contributed by atoms with E-state index in [-0.39, 0.29) is 11.2 Å². The molecular formula is C12H14O2. The fraction of sp³-hybridized carbons (Fsp3) is 0.500. The Labute approximate surface area is 83.6 Å². The Morgan fingerprint density at radius 1 is 1.21 bits per heavy atom. The second-order valence-corrected chi connectivity index (χ2v) is 4.55. The Morgan fingerprint density at radius 3 is 2.50 bits per heavy atom. The van der Waals surface area contributed by atoms with Crippen LogP contribution in [0.4, 0.5) is 0 Å². The Morgan fingerprint density at radius 2 is 2.07 bits per heavy atom. The summed E-state index contributed by atoms with van der Waals surface area (Å²) in [5.41, 5.74) is -0.316. The molecule has 0 aromatic carbocycles. The largest absolute Gasteiger partial charge is 0.463 e. The van der Waals surface area contributed by atoms with E-state index in [2.05, 4.69) is 19.1 Å². The average molecular weight is 190 g/mol. The third-order valence-corrected chi connectivity index (χ3v) is 3.27. The Balaban J connectivity index is 2.04. The van der Waals surface area contributed by atoms with Gasteiger partial charge < -0.3 is 9.15 Å². The lowest BCUT2D eigenvalue weighted by Crippen LogP contribution is -2.21. The number of rotatable bonds is 1. The second kappa shape index (κ2) is 2.31. The van der Waals surface area contributed by atoms with E-state index in [1.807, 2.05) is 19.1 Å². The molecule has 2 bridgehead atoms. The molecule has 14 heavy (non-hydrogen) atoms. The van der Waals surface area contributed by atoms with Crippen LogP contribution in [-0.2, 0) is 10.3 Å². The van der Waals surface area contributed by atoms with Gasteiger partial charge in [-0.3, -0.25) is 0 Å². The van der Waals surface area contributed by atoms with Gasteiger partial charge in [0.15, 0.2) is 0 Å². The SMILES string of the molecule is Cc1ccc(C23C=CC(C)(CC2)O3)o1. The molecule has 2 unspecified atom stereocenters. The van der Waals surface area contributed by atoms with E-state index in [0.29, 0.717) is 0 Å². The third-order valence-electron chi connectivity index (χ3n) is 3.27. The quantitative estimate of drug-likeness (QED) is 0.635. The molecule has 3 heterocycles. The molecule has 2 heteroatoms. The zero-order valence-electron chi connectivity index (χ0n) is 8.54. The summed E-state index contributed by atoms with van der Waals surface area (Å²) in [7, 11) is 0. The molecule has 1 saturated heterocycles. The summed E-state index contributed by atoms with van der Waals surface area (Å²) in [6, 6.07) is 4.02. The standard InChI is InChI=1S/C12H14O2/c1-9-3-4-10(13-9)12-7-5-11(2,14-12)6-8-12/h3-5,7H,6,8H2,1-2H3. The van der Waals surface area contributed by atoms with Crippen molar-refractivity contribution in [2.45, 2.75) is 37.9 Å². The lowest BCUT2D eigenvalue weighted by atomic mass is 9.88. The van der Waals surface area contributed by atoms with E-state index in [1.54, 1.807) is 0 Å². The molecule has 0 aliphatic carbocycles. The first-order chi connectivity index (χ1) is 6.62. The minimum absolute atomic E-state index is 0.0549. The first-order valence-electron chi connectivity index (χ1n) is 5.09. The van der Waals surface area contributed by atoms with Crippen molar-refractivity contribution in [1.29, 1.82) is 0 Å². The van der Waals surface area contributed by atoms with Crippen molar-refractivity contribution in [1.82, 2.24) is 0 Å². The first-order valence-corrected chi connectivity index (χ1v) is 5.09. The minimum Gasteiger partial charge on any atom is -0.463 e. The van der Waals surface area contributed by atoms with Crippen LogP contribution in [0.1, 0.15) is 31.3 Å². The van der Waals surface area contributed by atoms with E-state index in [4.69, 9.17) is 9.15 Å². The van der Waals surface area contributed by atoms with Gasteiger partial charge in [0.1, 0.15) is 17.1 Å². The molecule has 0 saturated carbocycles. The summed E-state index contributed by atoms with van der Waals surface area (Å²) in [4.78, 5) is 0. The lowest BCUT2D eigenvalue weighted by Gasteiger charge is -2.20. The zero-order valence-corrected chi connectivity index (χ0v) is 8.54. The number of hydrogen-bond donors (Lipinski definition) is 0. The lowest BCUT2D eigenvalue weighted by molar-refractivity contribution is -0.0365. The van der Waals surface area contributed by atoms with Gasteiger partial charge in [0.05, 0.1) is 5.60 Å². The van der Waals surface area contributed by atoms with Gasteiger partial charge in [0.25, 0.3) is 0 Å². The number of aryl methyl sites for hydroxylation is 1. The van der Waals surface area contributed by atoms with Crippen LogP contribution >= 0.6 is 0 Å². The fourth-order valence-corrected chi connectivity index (χ4v) is 2.42. The van der Waals surface area contributed by atoms with Gasteiger partial charge in [-0.2, -0.15) is 0 Å². The molecule has 2 aliphatic rings. The molecule has 0 radical (unpaired) electrons. The second-order valence-electron chi connectivity index (χ2n) is 4.55. The van der Waals surface area contributed by atoms with Crippen LogP contribution in [0.15, 0.2) is 28.7 Å². The van der Waals surface area contributed by atoms with Crippen LogP contribution in [0.5, 0.6) is 0 Å². The van der Waals surface area contributed by atoms with Gasteiger partial charge in [0.2, 0.25) is 0 Å². The van der Waals surface area contributed by atoms with Crippen molar-refractivity contribution < 1.29 is 9.15 Å². The van der Waals surface area contributed by atoms with E-state index < -0.39 is 0 Å². The predicted molar refractivity (Wildman–Crippen MR) is 53.0 cm³/mol. The van der Waals surface area contributed by atoms with Crippen LogP contribution in [0, 0.1) is 6.92 Å². The highest BCUT2D eigenvalue weighted by molar-refractivity contribution is 5.30. The summed E-state index contributed by atoms with van der Waals surface area (Å²) in [5, 5.41) is 0. The number of fused-ring (bicyclic) bond motifs is 2. The van der Waals surface area contributed by atoms with Crippen molar-refractivity contribution in [3.05, 3.63) is 35.8 Å². The maximum Gasteiger partial charge on any atom is 0.145 e. The molecule has 3 rings (SSSR count). The summed E-state index contributed by atoms with van der Waals surface area (Å²) < 4.78 is 11.7. The van der Waals surface area contributed by atoms with Gasteiger partial charge in [-0.05, 0) is 44.9 Å². The molecule has 2 atom stereocenters. The third kappa shape index (κ3) is 0.947. The molecular weight excluding hydrogens is 176 g/mol. The highest BCUT2D eigenvalue weighted by Gasteiger charge is 2.51. The van der Waals surface area contributed by atoms with Gasteiger partial charge >= 0.3 is 0 Å². The van der Waals surface area contributed by atoms with E-state index in [0.717, 1.165) is 24.4 Å². The number of hydrogen-bond acceptors (Lipinski definition) is 2. The zero-order chi connectivity index (χ0) is 9.81. The first kappa shape index (κ1) is 8.30. The monoisotopic (exact) mass is 190 g/mol. The van der Waals surface area contributed by atoms with E-state index in [9.17, 15) is 0 Å². The molecule has 0 amide bonds. The number of furan rings is 1. The van der Waals surface area contributed by atoms with Gasteiger partial charge in [0, 0.05) is 0 Å². The summed E-state index contributed by atoms with van der Waals surface area (Å²) >= 11 is 0. The van der Waals surface area contributed by atoms with Crippen LogP contribution < -0.4 is 0 Å². The predicted octanol–water partition coefficient (Wildman–Crippen LogP) is 2.92. The molecule has 1 aromatic rings. The molecule has 1 aromatic heterocycles.